The summed E-state index contributed by atoms with van der Waals surface area (Å²) in [5.41, 5.74) is 2.08. The summed E-state index contributed by atoms with van der Waals surface area (Å²) in [6.07, 6.45) is 0. The van der Waals surface area contributed by atoms with Crippen molar-refractivity contribution < 1.29 is 4.79 Å². The summed E-state index contributed by atoms with van der Waals surface area (Å²) in [5.74, 6) is 0.984. The average molecular weight is 324 g/mol. The number of nitrogens with zero attached hydrogens (tertiary/aromatic N) is 1. The Morgan fingerprint density at radius 2 is 2.16 bits per heavy atom. The van der Waals surface area contributed by atoms with Crippen LogP contribution in [0.3, 0.4) is 0 Å². The number of carbonyl (C=O) groups is 1. The third-order valence-corrected chi connectivity index (χ3v) is 3.78. The molecular weight excluding hydrogens is 306 g/mol. The van der Waals surface area contributed by atoms with E-state index in [1.54, 1.807) is 0 Å². The summed E-state index contributed by atoms with van der Waals surface area (Å²) >= 11 is 3.49. The van der Waals surface area contributed by atoms with E-state index in [4.69, 9.17) is 0 Å². The number of aryl methyl sites for hydroxylation is 1. The van der Waals surface area contributed by atoms with Crippen molar-refractivity contribution in [1.82, 2.24) is 10.6 Å². The van der Waals surface area contributed by atoms with Crippen molar-refractivity contribution >= 4 is 27.8 Å². The highest BCUT2D eigenvalue weighted by Crippen LogP contribution is 2.23. The fourth-order valence-electron chi connectivity index (χ4n) is 1.81. The molecule has 1 saturated heterocycles. The minimum absolute atomic E-state index is 0.0572. The molecule has 2 N–H and O–H groups in total. The molecule has 0 aromatic heterocycles. The summed E-state index contributed by atoms with van der Waals surface area (Å²) in [7, 11) is 0. The molecule has 19 heavy (non-hydrogen) atoms. The second-order valence-electron chi connectivity index (χ2n) is 5.16. The van der Waals surface area contributed by atoms with Gasteiger partial charge in [-0.3, -0.25) is 15.1 Å². The van der Waals surface area contributed by atoms with Crippen molar-refractivity contribution in [2.24, 2.45) is 10.9 Å². The molecular formula is C14H18BrN3O. The number of aliphatic imine (C=N–C) groups is 1. The van der Waals surface area contributed by atoms with E-state index in [1.807, 2.05) is 25.1 Å². The maximum atomic E-state index is 12.0. The number of halogens is 1. The number of guanidine groups is 1. The topological polar surface area (TPSA) is 53.5 Å². The van der Waals surface area contributed by atoms with E-state index in [-0.39, 0.29) is 11.9 Å². The zero-order valence-electron chi connectivity index (χ0n) is 11.3. The standard InChI is InChI=1S/C14H18BrN3O/c1-8(2)7-16-14-17-12(13(19)18-14)10-5-4-9(3)11(15)6-10/h4-6,8,12H,7H2,1-3H3,(H2,16,17,18,19). The average Bonchev–Trinajstić information content (AvgIpc) is 2.72. The van der Waals surface area contributed by atoms with Crippen molar-refractivity contribution in [1.29, 1.82) is 0 Å². The summed E-state index contributed by atoms with van der Waals surface area (Å²) < 4.78 is 1.01. The van der Waals surface area contributed by atoms with Gasteiger partial charge >= 0.3 is 0 Å². The maximum Gasteiger partial charge on any atom is 0.253 e. The zero-order valence-corrected chi connectivity index (χ0v) is 12.9. The Labute approximate surface area is 121 Å². The predicted octanol–water partition coefficient (Wildman–Crippen LogP) is 2.53. The molecule has 0 aliphatic carbocycles. The first kappa shape index (κ1) is 14.1. The molecule has 0 saturated carbocycles. The number of rotatable bonds is 3. The lowest BCUT2D eigenvalue weighted by Crippen LogP contribution is -2.26. The number of carbonyl (C=O) groups excluding carboxylic acids is 1. The molecule has 5 heteroatoms. The van der Waals surface area contributed by atoms with Gasteiger partial charge in [0.25, 0.3) is 5.91 Å². The first-order valence-electron chi connectivity index (χ1n) is 6.35. The van der Waals surface area contributed by atoms with Gasteiger partial charge in [-0.25, -0.2) is 0 Å². The Morgan fingerprint density at radius 1 is 1.42 bits per heavy atom. The number of benzene rings is 1. The third-order valence-electron chi connectivity index (χ3n) is 2.93. The molecule has 0 radical (unpaired) electrons. The molecule has 1 aromatic rings. The van der Waals surface area contributed by atoms with Crippen LogP contribution in [0.5, 0.6) is 0 Å². The van der Waals surface area contributed by atoms with Gasteiger partial charge in [0.15, 0.2) is 5.96 Å². The number of hydrogen-bond acceptors (Lipinski definition) is 2. The van der Waals surface area contributed by atoms with Crippen LogP contribution >= 0.6 is 15.9 Å². The van der Waals surface area contributed by atoms with Gasteiger partial charge in [0.2, 0.25) is 0 Å². The Balaban J connectivity index is 2.15. The Morgan fingerprint density at radius 3 is 2.79 bits per heavy atom. The first-order chi connectivity index (χ1) is 8.97. The molecule has 1 atom stereocenters. The SMILES string of the molecule is Cc1ccc(C2NC(=NCC(C)C)NC2=O)cc1Br. The van der Waals surface area contributed by atoms with Gasteiger partial charge in [0, 0.05) is 11.0 Å². The van der Waals surface area contributed by atoms with Crippen LogP contribution in [0.25, 0.3) is 0 Å². The van der Waals surface area contributed by atoms with E-state index in [0.717, 1.165) is 15.6 Å². The van der Waals surface area contributed by atoms with Crippen LogP contribution in [0.15, 0.2) is 27.7 Å². The monoisotopic (exact) mass is 323 g/mol. The van der Waals surface area contributed by atoms with E-state index in [1.165, 1.54) is 0 Å². The van der Waals surface area contributed by atoms with Gasteiger partial charge in [0.1, 0.15) is 6.04 Å². The van der Waals surface area contributed by atoms with Gasteiger partial charge < -0.3 is 5.32 Å². The summed E-state index contributed by atoms with van der Waals surface area (Å²) in [5, 5.41) is 5.90. The zero-order chi connectivity index (χ0) is 14.0. The number of hydrogen-bond donors (Lipinski definition) is 2. The van der Waals surface area contributed by atoms with Gasteiger partial charge in [-0.05, 0) is 30.0 Å². The number of amides is 1. The van der Waals surface area contributed by atoms with Gasteiger partial charge in [-0.15, -0.1) is 0 Å². The molecule has 102 valence electrons. The quantitative estimate of drug-likeness (QED) is 0.898. The van der Waals surface area contributed by atoms with Crippen molar-refractivity contribution in [3.63, 3.8) is 0 Å². The molecule has 1 fully saturated rings. The van der Waals surface area contributed by atoms with Crippen LogP contribution in [-0.2, 0) is 4.79 Å². The Kier molecular flexibility index (Phi) is 4.24. The van der Waals surface area contributed by atoms with Crippen molar-refractivity contribution in [2.45, 2.75) is 26.8 Å². The highest BCUT2D eigenvalue weighted by Gasteiger charge is 2.29. The molecule has 2 rings (SSSR count). The van der Waals surface area contributed by atoms with Gasteiger partial charge in [-0.1, -0.05) is 41.9 Å². The predicted molar refractivity (Wildman–Crippen MR) is 80.0 cm³/mol. The normalized spacial score (nSPS) is 20.8. The van der Waals surface area contributed by atoms with Gasteiger partial charge in [0.05, 0.1) is 0 Å². The molecule has 1 heterocycles. The lowest BCUT2D eigenvalue weighted by molar-refractivity contribution is -0.120. The largest absolute Gasteiger partial charge is 0.340 e. The lowest BCUT2D eigenvalue weighted by Gasteiger charge is -2.09. The van der Waals surface area contributed by atoms with Crippen LogP contribution in [-0.4, -0.2) is 18.4 Å². The molecule has 0 bridgehead atoms. The number of nitrogens with one attached hydrogen (secondary N) is 2. The lowest BCUT2D eigenvalue weighted by atomic mass is 10.1. The highest BCUT2D eigenvalue weighted by atomic mass is 79.9. The van der Waals surface area contributed by atoms with E-state index in [2.05, 4.69) is 45.4 Å². The van der Waals surface area contributed by atoms with E-state index >= 15 is 0 Å². The smallest absolute Gasteiger partial charge is 0.253 e. The summed E-state index contributed by atoms with van der Waals surface area (Å²) in [4.78, 5) is 16.3. The Hall–Kier alpha value is -1.36. The maximum absolute atomic E-state index is 12.0. The molecule has 0 spiro atoms. The van der Waals surface area contributed by atoms with Crippen LogP contribution in [0, 0.1) is 12.8 Å². The molecule has 1 aliphatic rings. The fraction of sp³-hybridized carbons (Fsp3) is 0.429. The van der Waals surface area contributed by atoms with E-state index in [0.29, 0.717) is 18.4 Å². The summed E-state index contributed by atoms with van der Waals surface area (Å²) in [6, 6.07) is 5.57. The minimum atomic E-state index is -0.359. The highest BCUT2D eigenvalue weighted by molar-refractivity contribution is 9.10. The van der Waals surface area contributed by atoms with Crippen LogP contribution in [0.4, 0.5) is 0 Å². The molecule has 1 aromatic carbocycles. The van der Waals surface area contributed by atoms with Crippen molar-refractivity contribution in [2.75, 3.05) is 6.54 Å². The Bertz CT molecular complexity index is 525. The van der Waals surface area contributed by atoms with Crippen LogP contribution in [0.2, 0.25) is 0 Å². The van der Waals surface area contributed by atoms with Crippen molar-refractivity contribution in [3.8, 4) is 0 Å². The van der Waals surface area contributed by atoms with Crippen LogP contribution in [0.1, 0.15) is 31.0 Å². The summed E-state index contributed by atoms with van der Waals surface area (Å²) in [6.45, 7) is 6.91. The van der Waals surface area contributed by atoms with Gasteiger partial charge in [-0.2, -0.15) is 0 Å². The molecule has 1 amide bonds. The second kappa shape index (κ2) is 5.74. The third kappa shape index (κ3) is 3.35. The van der Waals surface area contributed by atoms with Crippen LogP contribution < -0.4 is 10.6 Å². The molecule has 1 aliphatic heterocycles. The van der Waals surface area contributed by atoms with E-state index in [9.17, 15) is 4.79 Å². The van der Waals surface area contributed by atoms with E-state index < -0.39 is 0 Å². The fourth-order valence-corrected chi connectivity index (χ4v) is 2.21. The molecule has 1 unspecified atom stereocenters. The molecule has 4 nitrogen and oxygen atoms in total. The first-order valence-corrected chi connectivity index (χ1v) is 7.14. The van der Waals surface area contributed by atoms with Crippen molar-refractivity contribution in [3.05, 3.63) is 33.8 Å². The minimum Gasteiger partial charge on any atom is -0.340 e. The second-order valence-corrected chi connectivity index (χ2v) is 6.01.